The average Bonchev–Trinajstić information content (AvgIpc) is 3.48. The van der Waals surface area contributed by atoms with Crippen LogP contribution in [0, 0.1) is 23.7 Å². The molecule has 1 saturated carbocycles. The fourth-order valence-electron chi connectivity index (χ4n) is 8.07. The Balaban J connectivity index is 1.41. The van der Waals surface area contributed by atoms with Crippen LogP contribution in [-0.4, -0.2) is 54.2 Å². The number of fused-ring (bicyclic) bond motifs is 3. The van der Waals surface area contributed by atoms with Crippen LogP contribution in [0.1, 0.15) is 58.6 Å². The second-order valence-electron chi connectivity index (χ2n) is 13.7. The van der Waals surface area contributed by atoms with Gasteiger partial charge in [0.1, 0.15) is 5.75 Å². The van der Waals surface area contributed by atoms with Crippen LogP contribution in [0.2, 0.25) is 5.04 Å². The molecule has 3 aromatic rings. The van der Waals surface area contributed by atoms with Crippen molar-refractivity contribution in [3.8, 4) is 5.75 Å². The second-order valence-corrected chi connectivity index (χ2v) is 18.0. The van der Waals surface area contributed by atoms with E-state index in [0.29, 0.717) is 25.8 Å². The molecule has 3 fully saturated rings. The molecule has 0 unspecified atom stereocenters. The smallest absolute Gasteiger partial charge is 0.261 e. The molecule has 3 aliphatic rings. The normalized spacial score (nSPS) is 28.7. The van der Waals surface area contributed by atoms with Gasteiger partial charge >= 0.3 is 0 Å². The lowest BCUT2D eigenvalue weighted by molar-refractivity contribution is -0.273. The fourth-order valence-corrected chi connectivity index (χ4v) is 12.7. The molecule has 2 heterocycles. The number of nitrogens with zero attached hydrogens (tertiary/aromatic N) is 1. The van der Waals surface area contributed by atoms with E-state index in [4.69, 9.17) is 9.16 Å². The summed E-state index contributed by atoms with van der Waals surface area (Å²) in [6, 6.07) is 27.5. The molecular formula is C36H43NO6Si. The predicted molar refractivity (Wildman–Crippen MR) is 171 cm³/mol. The lowest BCUT2D eigenvalue weighted by Gasteiger charge is -2.48. The summed E-state index contributed by atoms with van der Waals surface area (Å²) in [4.78, 5) is 28.8. The highest BCUT2D eigenvalue weighted by molar-refractivity contribution is 6.99. The second kappa shape index (κ2) is 11.6. The van der Waals surface area contributed by atoms with Gasteiger partial charge in [0.15, 0.2) is 5.79 Å². The Morgan fingerprint density at radius 3 is 2.05 bits per heavy atom. The van der Waals surface area contributed by atoms with Crippen LogP contribution in [0.5, 0.6) is 5.75 Å². The lowest BCUT2D eigenvalue weighted by atomic mass is 9.64. The summed E-state index contributed by atoms with van der Waals surface area (Å²) in [5, 5.41) is 24.4. The molecule has 2 aliphatic heterocycles. The van der Waals surface area contributed by atoms with Crippen LogP contribution in [0.15, 0.2) is 84.9 Å². The maximum atomic E-state index is 13.7. The van der Waals surface area contributed by atoms with E-state index in [2.05, 4.69) is 45.0 Å². The molecule has 0 bridgehead atoms. The molecule has 0 radical (unpaired) electrons. The van der Waals surface area contributed by atoms with Crippen molar-refractivity contribution >= 4 is 30.5 Å². The summed E-state index contributed by atoms with van der Waals surface area (Å²) in [5.74, 6) is -4.11. The number of phenolic OH excluding ortho intramolecular Hbond substituents is 1. The largest absolute Gasteiger partial charge is 0.508 e. The van der Waals surface area contributed by atoms with E-state index < -0.39 is 43.9 Å². The summed E-state index contributed by atoms with van der Waals surface area (Å²) in [6.07, 6.45) is 0.904. The maximum Gasteiger partial charge on any atom is 0.261 e. The van der Waals surface area contributed by atoms with E-state index in [9.17, 15) is 19.8 Å². The first-order valence-electron chi connectivity index (χ1n) is 15.8. The van der Waals surface area contributed by atoms with Crippen molar-refractivity contribution in [2.45, 2.75) is 63.9 Å². The Labute approximate surface area is 260 Å². The minimum atomic E-state index is -2.94. The number of likely N-dealkylation sites (tertiary alicyclic amines) is 1. The van der Waals surface area contributed by atoms with Gasteiger partial charge in [-0.25, -0.2) is 0 Å². The zero-order valence-electron chi connectivity index (χ0n) is 26.0. The number of phenols is 1. The summed E-state index contributed by atoms with van der Waals surface area (Å²) >= 11 is 0. The molecule has 6 rings (SSSR count). The molecule has 232 valence electrons. The van der Waals surface area contributed by atoms with E-state index in [-0.39, 0.29) is 29.2 Å². The summed E-state index contributed by atoms with van der Waals surface area (Å²) in [6.45, 7) is 9.15. The molecule has 2 amide bonds. The van der Waals surface area contributed by atoms with Crippen molar-refractivity contribution < 1.29 is 29.0 Å². The van der Waals surface area contributed by atoms with E-state index in [1.54, 1.807) is 24.3 Å². The van der Waals surface area contributed by atoms with Crippen molar-refractivity contribution in [3.63, 3.8) is 0 Å². The van der Waals surface area contributed by atoms with Crippen molar-refractivity contribution in [2.75, 3.05) is 13.2 Å². The van der Waals surface area contributed by atoms with Crippen LogP contribution in [-0.2, 0) is 18.8 Å². The highest BCUT2D eigenvalue weighted by Crippen LogP contribution is 2.58. The van der Waals surface area contributed by atoms with Gasteiger partial charge in [-0.05, 0) is 52.4 Å². The van der Waals surface area contributed by atoms with E-state index in [0.717, 1.165) is 15.9 Å². The van der Waals surface area contributed by atoms with Crippen LogP contribution in [0.3, 0.4) is 0 Å². The number of aliphatic hydroxyl groups is 1. The van der Waals surface area contributed by atoms with Crippen molar-refractivity contribution in [3.05, 3.63) is 90.5 Å². The molecule has 7 nitrogen and oxygen atoms in total. The minimum Gasteiger partial charge on any atom is -0.508 e. The third-order valence-corrected chi connectivity index (χ3v) is 15.1. The quantitative estimate of drug-likeness (QED) is 0.281. The van der Waals surface area contributed by atoms with Crippen LogP contribution in [0.25, 0.3) is 0 Å². The Morgan fingerprint density at radius 1 is 0.909 bits per heavy atom. The number of carbonyl (C=O) groups excluding carboxylic acids is 2. The fraction of sp³-hybridized carbons (Fsp3) is 0.444. The summed E-state index contributed by atoms with van der Waals surface area (Å²) in [5.41, 5.74) is 0.816. The minimum absolute atomic E-state index is 0.145. The lowest BCUT2D eigenvalue weighted by Crippen LogP contribution is -2.67. The zero-order chi connectivity index (χ0) is 31.3. The molecule has 8 heteroatoms. The van der Waals surface area contributed by atoms with Gasteiger partial charge in [-0.3, -0.25) is 14.5 Å². The molecule has 1 aliphatic carbocycles. The Bertz CT molecular complexity index is 1450. The number of aromatic hydroxyl groups is 1. The van der Waals surface area contributed by atoms with Gasteiger partial charge in [0.25, 0.3) is 8.32 Å². The monoisotopic (exact) mass is 613 g/mol. The Kier molecular flexibility index (Phi) is 8.07. The highest BCUT2D eigenvalue weighted by atomic mass is 28.4. The standard InChI is InChI=1S/C36H43NO6Si/c1-5-20-37-33(39)29-21-25(36(41)30(32(29)34(37)40)22-31(43-36)24-16-18-26(38)19-17-24)23-42-44(35(2,3)4,27-12-8-6-9-13-27)28-14-10-7-11-15-28/h6-19,25,29-32,38,41H,5,20-23H2,1-4H3/t25-,29+,30+,31+,32+,36-/m1/s1. The summed E-state index contributed by atoms with van der Waals surface area (Å²) < 4.78 is 13.8. The van der Waals surface area contributed by atoms with Crippen molar-refractivity contribution in [1.29, 1.82) is 0 Å². The number of benzene rings is 3. The third kappa shape index (κ3) is 4.92. The van der Waals surface area contributed by atoms with Crippen LogP contribution < -0.4 is 10.4 Å². The molecule has 3 aromatic carbocycles. The van der Waals surface area contributed by atoms with E-state index in [1.807, 2.05) is 43.3 Å². The van der Waals surface area contributed by atoms with Crippen molar-refractivity contribution in [1.82, 2.24) is 4.90 Å². The van der Waals surface area contributed by atoms with E-state index in [1.165, 1.54) is 4.90 Å². The van der Waals surface area contributed by atoms with E-state index >= 15 is 0 Å². The SMILES string of the molecule is CCCN1C(=O)[C@H]2[C@H](C[C@H](CO[Si](c3ccccc3)(c3ccccc3)C(C)(C)C)[C@@]3(O)O[C@H](c4ccc(O)cc4)C[C@@H]23)C1=O. The first-order chi connectivity index (χ1) is 21.0. The van der Waals surface area contributed by atoms with Gasteiger partial charge in [0, 0.05) is 25.0 Å². The molecule has 2 N–H and O–H groups in total. The number of hydrogen-bond donors (Lipinski definition) is 2. The first-order valence-corrected chi connectivity index (χ1v) is 17.7. The van der Waals surface area contributed by atoms with Gasteiger partial charge in [-0.15, -0.1) is 0 Å². The average molecular weight is 614 g/mol. The molecule has 2 saturated heterocycles. The van der Waals surface area contributed by atoms with Crippen LogP contribution >= 0.6 is 0 Å². The number of ether oxygens (including phenoxy) is 1. The molecule has 0 spiro atoms. The number of imide groups is 1. The van der Waals surface area contributed by atoms with Crippen LogP contribution in [0.4, 0.5) is 0 Å². The molecule has 6 atom stereocenters. The first kappa shape index (κ1) is 30.7. The highest BCUT2D eigenvalue weighted by Gasteiger charge is 2.67. The molecular weight excluding hydrogens is 570 g/mol. The molecule has 44 heavy (non-hydrogen) atoms. The topological polar surface area (TPSA) is 96.3 Å². The van der Waals surface area contributed by atoms with Crippen molar-refractivity contribution in [2.24, 2.45) is 23.7 Å². The third-order valence-electron chi connectivity index (χ3n) is 10.1. The molecule has 0 aromatic heterocycles. The number of amides is 2. The number of carbonyl (C=O) groups is 2. The van der Waals surface area contributed by atoms with Gasteiger partial charge in [0.05, 0.1) is 17.9 Å². The number of hydrogen-bond acceptors (Lipinski definition) is 6. The zero-order valence-corrected chi connectivity index (χ0v) is 27.0. The Morgan fingerprint density at radius 2 is 1.50 bits per heavy atom. The predicted octanol–water partition coefficient (Wildman–Crippen LogP) is 4.77. The van der Waals surface area contributed by atoms with Gasteiger partial charge in [0.2, 0.25) is 11.8 Å². The summed E-state index contributed by atoms with van der Waals surface area (Å²) in [7, 11) is -2.94. The number of rotatable bonds is 8. The van der Waals surface area contributed by atoms with Gasteiger partial charge in [-0.2, -0.15) is 0 Å². The Hall–Kier alpha value is -3.30. The van der Waals surface area contributed by atoms with Gasteiger partial charge < -0.3 is 19.4 Å². The maximum absolute atomic E-state index is 13.7. The van der Waals surface area contributed by atoms with Gasteiger partial charge in [-0.1, -0.05) is 100 Å².